The summed E-state index contributed by atoms with van der Waals surface area (Å²) < 4.78 is 1.85. The first-order valence-electron chi connectivity index (χ1n) is 12.3. The lowest BCUT2D eigenvalue weighted by atomic mass is 9.83. The zero-order valence-corrected chi connectivity index (χ0v) is 22.4. The maximum Gasteiger partial charge on any atom is 0.322 e. The number of carbonyl (C=O) groups is 2. The Bertz CT molecular complexity index is 1530. The standard InChI is InChI=1S/C16H15ClN4.C15H12N2O2/c1-4-7-12(5-2)16-13(8-9-17)14(6-3)21-11-19-20-15(21)10-18-16;18-13-15(17-14(19)16-13,11-7-3-1-4-8-11)12-9-5-2-6-10-12/h4-9,11H,1-3,10H2;1-10H,(H2,16,17,18,19)/b9-8+,12-7+;. The van der Waals surface area contributed by atoms with E-state index in [0.717, 1.165) is 39.5 Å². The summed E-state index contributed by atoms with van der Waals surface area (Å²) in [6.45, 7) is 11.8. The van der Waals surface area contributed by atoms with Crippen molar-refractivity contribution in [2.24, 2.45) is 4.99 Å². The smallest absolute Gasteiger partial charge is 0.316 e. The number of nitrogens with one attached hydrogen (secondary N) is 2. The molecule has 1 aromatic heterocycles. The van der Waals surface area contributed by atoms with Crippen LogP contribution in [-0.2, 0) is 16.9 Å². The molecule has 8 nitrogen and oxygen atoms in total. The van der Waals surface area contributed by atoms with Gasteiger partial charge in [0.2, 0.25) is 0 Å². The van der Waals surface area contributed by atoms with Gasteiger partial charge in [-0.15, -0.1) is 10.2 Å². The van der Waals surface area contributed by atoms with E-state index in [4.69, 9.17) is 11.6 Å². The summed E-state index contributed by atoms with van der Waals surface area (Å²) in [5.74, 6) is 0.386. The molecule has 3 heterocycles. The maximum absolute atomic E-state index is 12.3. The van der Waals surface area contributed by atoms with Crippen LogP contribution in [0.1, 0.15) is 17.0 Å². The van der Waals surface area contributed by atoms with Gasteiger partial charge in [-0.05, 0) is 28.9 Å². The van der Waals surface area contributed by atoms with Crippen LogP contribution in [0.5, 0.6) is 0 Å². The fourth-order valence-corrected chi connectivity index (χ4v) is 4.64. The zero-order chi connectivity index (χ0) is 28.5. The highest BCUT2D eigenvalue weighted by Crippen LogP contribution is 2.32. The number of aliphatic imine (C=N–C) groups is 1. The Kier molecular flexibility index (Phi) is 8.83. The van der Waals surface area contributed by atoms with Gasteiger partial charge in [0.15, 0.2) is 11.4 Å². The number of nitrogens with zero attached hydrogens (tertiary/aromatic N) is 4. The number of benzene rings is 2. The molecule has 2 aliphatic rings. The van der Waals surface area contributed by atoms with Crippen LogP contribution in [0.15, 0.2) is 139 Å². The van der Waals surface area contributed by atoms with E-state index >= 15 is 0 Å². The SMILES string of the molecule is C=C/C=C(\C=C)C1=NCc2nncn2C(C=C)=C1/C=C/Cl.O=C1NC(=O)C(c2ccccc2)(c2ccccc2)N1. The summed E-state index contributed by atoms with van der Waals surface area (Å²) in [6.07, 6.45) is 10.4. The van der Waals surface area contributed by atoms with Gasteiger partial charge in [0, 0.05) is 11.1 Å². The highest BCUT2D eigenvalue weighted by Gasteiger charge is 2.48. The Balaban J connectivity index is 0.000000186. The minimum absolute atomic E-state index is 0.352. The van der Waals surface area contributed by atoms with Crippen molar-refractivity contribution in [2.45, 2.75) is 12.1 Å². The monoisotopic (exact) mass is 550 g/mol. The van der Waals surface area contributed by atoms with Crippen molar-refractivity contribution in [1.29, 1.82) is 0 Å². The summed E-state index contributed by atoms with van der Waals surface area (Å²) in [4.78, 5) is 28.5. The molecule has 40 heavy (non-hydrogen) atoms. The molecular weight excluding hydrogens is 524 g/mol. The van der Waals surface area contributed by atoms with Crippen LogP contribution in [-0.4, -0.2) is 32.4 Å². The first-order chi connectivity index (χ1) is 19.5. The number of hydrogen-bond donors (Lipinski definition) is 2. The van der Waals surface area contributed by atoms with Gasteiger partial charge in [-0.1, -0.05) is 110 Å². The first kappa shape index (κ1) is 27.9. The molecule has 2 N–H and O–H groups in total. The number of hydrogen-bond acceptors (Lipinski definition) is 5. The summed E-state index contributed by atoms with van der Waals surface area (Å²) >= 11 is 5.79. The number of halogens is 1. The topological polar surface area (TPSA) is 101 Å². The predicted octanol–water partition coefficient (Wildman–Crippen LogP) is 5.45. The Morgan fingerprint density at radius 1 is 1.00 bits per heavy atom. The summed E-state index contributed by atoms with van der Waals surface area (Å²) in [5, 5.41) is 13.1. The average molecular weight is 551 g/mol. The highest BCUT2D eigenvalue weighted by molar-refractivity contribution is 6.27. The normalized spacial score (nSPS) is 16.1. The lowest BCUT2D eigenvalue weighted by Crippen LogP contribution is -2.44. The van der Waals surface area contributed by atoms with Crippen molar-refractivity contribution in [3.05, 3.63) is 151 Å². The molecule has 200 valence electrons. The average Bonchev–Trinajstić information content (AvgIpc) is 3.53. The molecule has 9 heteroatoms. The molecule has 2 aromatic carbocycles. The number of fused-ring (bicyclic) bond motifs is 1. The van der Waals surface area contributed by atoms with Crippen molar-refractivity contribution in [3.63, 3.8) is 0 Å². The van der Waals surface area contributed by atoms with Crippen LogP contribution in [0, 0.1) is 0 Å². The van der Waals surface area contributed by atoms with E-state index in [0.29, 0.717) is 6.54 Å². The van der Waals surface area contributed by atoms with E-state index in [2.05, 4.69) is 45.6 Å². The number of amides is 3. The number of urea groups is 1. The van der Waals surface area contributed by atoms with Crippen molar-refractivity contribution in [1.82, 2.24) is 25.4 Å². The van der Waals surface area contributed by atoms with Crippen molar-refractivity contribution >= 4 is 34.9 Å². The van der Waals surface area contributed by atoms with Crippen LogP contribution < -0.4 is 10.6 Å². The number of imide groups is 1. The molecule has 3 amide bonds. The number of aromatic nitrogens is 3. The maximum atomic E-state index is 12.3. The van der Waals surface area contributed by atoms with Crippen LogP contribution in [0.3, 0.4) is 0 Å². The minimum Gasteiger partial charge on any atom is -0.316 e. The summed E-state index contributed by atoms with van der Waals surface area (Å²) in [5.41, 5.74) is 5.05. The van der Waals surface area contributed by atoms with E-state index in [1.165, 1.54) is 5.54 Å². The van der Waals surface area contributed by atoms with Gasteiger partial charge in [-0.3, -0.25) is 19.7 Å². The molecule has 5 rings (SSSR count). The van der Waals surface area contributed by atoms with Gasteiger partial charge in [0.25, 0.3) is 5.91 Å². The van der Waals surface area contributed by atoms with Crippen LogP contribution in [0.25, 0.3) is 5.70 Å². The van der Waals surface area contributed by atoms with Crippen LogP contribution >= 0.6 is 11.6 Å². The Morgan fingerprint density at radius 2 is 1.65 bits per heavy atom. The summed E-state index contributed by atoms with van der Waals surface area (Å²) in [7, 11) is 0. The molecule has 1 fully saturated rings. The molecule has 0 radical (unpaired) electrons. The van der Waals surface area contributed by atoms with Gasteiger partial charge >= 0.3 is 6.03 Å². The zero-order valence-electron chi connectivity index (χ0n) is 21.6. The van der Waals surface area contributed by atoms with E-state index in [-0.39, 0.29) is 5.91 Å². The summed E-state index contributed by atoms with van der Waals surface area (Å²) in [6, 6.07) is 18.0. The van der Waals surface area contributed by atoms with Gasteiger partial charge in [-0.25, -0.2) is 4.79 Å². The molecule has 0 unspecified atom stereocenters. The van der Waals surface area contributed by atoms with Crippen LogP contribution in [0.4, 0.5) is 4.79 Å². The third-order valence-corrected chi connectivity index (χ3v) is 6.41. The van der Waals surface area contributed by atoms with Gasteiger partial charge in [-0.2, -0.15) is 0 Å². The van der Waals surface area contributed by atoms with E-state index in [1.54, 1.807) is 30.6 Å². The molecule has 3 aromatic rings. The third kappa shape index (κ3) is 5.39. The molecule has 1 saturated heterocycles. The van der Waals surface area contributed by atoms with Crippen molar-refractivity contribution in [3.8, 4) is 0 Å². The quantitative estimate of drug-likeness (QED) is 0.302. The van der Waals surface area contributed by atoms with Gasteiger partial charge in [0.1, 0.15) is 12.9 Å². The Labute approximate surface area is 237 Å². The molecule has 2 aliphatic heterocycles. The molecule has 0 atom stereocenters. The molecular formula is C31H27ClN6O2. The highest BCUT2D eigenvalue weighted by atomic mass is 35.5. The van der Waals surface area contributed by atoms with E-state index in [1.807, 2.05) is 71.3 Å². The number of rotatable bonds is 7. The first-order valence-corrected chi connectivity index (χ1v) is 12.7. The molecule has 0 bridgehead atoms. The van der Waals surface area contributed by atoms with Gasteiger partial charge < -0.3 is 5.32 Å². The second kappa shape index (κ2) is 12.6. The number of allylic oxidation sites excluding steroid dienone is 8. The third-order valence-electron chi connectivity index (χ3n) is 6.28. The second-order valence-electron chi connectivity index (χ2n) is 8.53. The number of carbonyl (C=O) groups excluding carboxylic acids is 2. The van der Waals surface area contributed by atoms with E-state index in [9.17, 15) is 9.59 Å². The lowest BCUT2D eigenvalue weighted by molar-refractivity contribution is -0.122. The van der Waals surface area contributed by atoms with Crippen LogP contribution in [0.2, 0.25) is 0 Å². The Morgan fingerprint density at radius 3 is 2.15 bits per heavy atom. The predicted molar refractivity (Wildman–Crippen MR) is 158 cm³/mol. The molecule has 0 saturated carbocycles. The van der Waals surface area contributed by atoms with Gasteiger partial charge in [0.05, 0.1) is 11.4 Å². The molecule has 0 aliphatic carbocycles. The van der Waals surface area contributed by atoms with Crippen molar-refractivity contribution < 1.29 is 9.59 Å². The fraction of sp³-hybridized carbons (Fsp3) is 0.0645. The second-order valence-corrected chi connectivity index (χ2v) is 8.78. The largest absolute Gasteiger partial charge is 0.322 e. The van der Waals surface area contributed by atoms with E-state index < -0.39 is 11.6 Å². The minimum atomic E-state index is -1.14. The van der Waals surface area contributed by atoms with Crippen molar-refractivity contribution in [2.75, 3.05) is 0 Å². The Hall–Kier alpha value is -5.08. The lowest BCUT2D eigenvalue weighted by Gasteiger charge is -2.27. The molecule has 0 spiro atoms. The fourth-order valence-electron chi connectivity index (χ4n) is 4.51.